The molecule has 0 spiro atoms. The number of hydrogen-bond acceptors (Lipinski definition) is 4. The maximum absolute atomic E-state index is 14.3. The molecular weight excluding hydrogens is 244 g/mol. The Morgan fingerprint density at radius 1 is 1.41 bits per heavy atom. The number of rotatable bonds is 0. The van der Waals surface area contributed by atoms with Gasteiger partial charge in [0, 0.05) is 22.1 Å². The lowest BCUT2D eigenvalue weighted by atomic mass is 9.79. The molecule has 6 heteroatoms. The lowest BCUT2D eigenvalue weighted by Gasteiger charge is -2.34. The van der Waals surface area contributed by atoms with E-state index in [1.165, 1.54) is 17.5 Å². The van der Waals surface area contributed by atoms with Crippen molar-refractivity contribution >= 4 is 27.8 Å². The Balaban J connectivity index is 2.20. The third-order valence-corrected chi connectivity index (χ3v) is 4.18. The predicted octanol–water partition coefficient (Wildman–Crippen LogP) is 2.74. The van der Waals surface area contributed by atoms with Crippen molar-refractivity contribution in [3.05, 3.63) is 16.8 Å². The van der Waals surface area contributed by atoms with Gasteiger partial charge in [-0.25, -0.2) is 4.98 Å². The number of fused-ring (bicyclic) bond motifs is 3. The summed E-state index contributed by atoms with van der Waals surface area (Å²) >= 11 is 1.28. The zero-order valence-electron chi connectivity index (χ0n) is 9.42. The minimum atomic E-state index is -2.92. The van der Waals surface area contributed by atoms with E-state index in [0.717, 1.165) is 4.88 Å². The Labute approximate surface area is 101 Å². The van der Waals surface area contributed by atoms with Crippen molar-refractivity contribution in [1.29, 1.82) is 0 Å². The molecule has 1 aromatic heterocycles. The fourth-order valence-electron chi connectivity index (χ4n) is 2.15. The van der Waals surface area contributed by atoms with E-state index < -0.39 is 11.3 Å². The van der Waals surface area contributed by atoms with Gasteiger partial charge in [0.15, 0.2) is 5.13 Å². The van der Waals surface area contributed by atoms with Crippen LogP contribution in [0.4, 0.5) is 13.9 Å². The highest BCUT2D eigenvalue weighted by atomic mass is 32.1. The molecule has 2 aliphatic rings. The molecule has 1 aromatic rings. The Morgan fingerprint density at radius 2 is 2.12 bits per heavy atom. The number of aromatic nitrogens is 1. The van der Waals surface area contributed by atoms with Gasteiger partial charge < -0.3 is 5.73 Å². The molecule has 1 aliphatic heterocycles. The number of nitrogens with two attached hydrogens (primary N) is 1. The Kier molecular flexibility index (Phi) is 1.86. The molecule has 0 atom stereocenters. The van der Waals surface area contributed by atoms with Gasteiger partial charge >= 0.3 is 0 Å². The maximum Gasteiger partial charge on any atom is 0.295 e. The van der Waals surface area contributed by atoms with Gasteiger partial charge in [0.2, 0.25) is 0 Å². The molecule has 0 aromatic carbocycles. The highest BCUT2D eigenvalue weighted by Gasteiger charge is 2.56. The number of halogens is 2. The summed E-state index contributed by atoms with van der Waals surface area (Å²) in [5.74, 6) is -2.92. The number of aliphatic imine (C=N–C) groups is 1. The number of anilines is 1. The fraction of sp³-hybridized carbons (Fsp3) is 0.455. The molecule has 90 valence electrons. The molecule has 0 bridgehead atoms. The molecule has 3 nitrogen and oxygen atoms in total. The Hall–Kier alpha value is -1.30. The summed E-state index contributed by atoms with van der Waals surface area (Å²) in [6.45, 7) is 3.10. The van der Waals surface area contributed by atoms with Crippen LogP contribution < -0.4 is 5.73 Å². The second-order valence-corrected chi connectivity index (χ2v) is 6.09. The van der Waals surface area contributed by atoms with Crippen LogP contribution in [0.1, 0.15) is 24.4 Å². The molecule has 0 saturated heterocycles. The van der Waals surface area contributed by atoms with E-state index in [1.807, 2.05) is 0 Å². The first kappa shape index (κ1) is 10.8. The van der Waals surface area contributed by atoms with Gasteiger partial charge in [-0.3, -0.25) is 4.99 Å². The SMILES string of the molecule is CC1(C)Cc2sc(N)nc2C2=CN=C2C1(F)F. The standard InChI is InChI=1S/C11H11F2N3S/c1-10(2)3-6-7(16-9(14)17-6)5-4-15-8(5)11(10,12)13/h4H,3H2,1-2H3,(H2,14,16). The Bertz CT molecular complexity index is 569. The molecular formula is C11H11F2N3S. The number of thiazole rings is 1. The molecule has 17 heavy (non-hydrogen) atoms. The van der Waals surface area contributed by atoms with E-state index in [2.05, 4.69) is 9.98 Å². The second kappa shape index (κ2) is 2.93. The third kappa shape index (κ3) is 1.24. The minimum absolute atomic E-state index is 0.147. The average molecular weight is 255 g/mol. The molecule has 0 unspecified atom stereocenters. The van der Waals surface area contributed by atoms with Crippen LogP contribution in [0.15, 0.2) is 11.2 Å². The molecule has 1 aliphatic carbocycles. The molecule has 0 radical (unpaired) electrons. The highest BCUT2D eigenvalue weighted by molar-refractivity contribution is 7.15. The summed E-state index contributed by atoms with van der Waals surface area (Å²) in [6, 6.07) is 0. The normalized spacial score (nSPS) is 23.8. The van der Waals surface area contributed by atoms with Crippen molar-refractivity contribution in [2.45, 2.75) is 26.2 Å². The zero-order valence-corrected chi connectivity index (χ0v) is 10.2. The van der Waals surface area contributed by atoms with Crippen LogP contribution in [0.5, 0.6) is 0 Å². The van der Waals surface area contributed by atoms with E-state index in [0.29, 0.717) is 16.4 Å². The van der Waals surface area contributed by atoms with Crippen molar-refractivity contribution in [1.82, 2.24) is 4.98 Å². The van der Waals surface area contributed by atoms with E-state index in [-0.39, 0.29) is 12.1 Å². The molecule has 0 fully saturated rings. The first-order valence-corrected chi connectivity index (χ1v) is 6.07. The number of nitrogens with zero attached hydrogens (tertiary/aromatic N) is 2. The number of allylic oxidation sites excluding steroid dienone is 1. The minimum Gasteiger partial charge on any atom is -0.375 e. The third-order valence-electron chi connectivity index (χ3n) is 3.30. The van der Waals surface area contributed by atoms with Gasteiger partial charge in [-0.05, 0) is 6.42 Å². The summed E-state index contributed by atoms with van der Waals surface area (Å²) in [5, 5.41) is 0.420. The quantitative estimate of drug-likeness (QED) is 0.775. The van der Waals surface area contributed by atoms with E-state index in [9.17, 15) is 8.78 Å². The van der Waals surface area contributed by atoms with Crippen LogP contribution in [-0.2, 0) is 6.42 Å². The van der Waals surface area contributed by atoms with Crippen molar-refractivity contribution < 1.29 is 8.78 Å². The fourth-order valence-corrected chi connectivity index (χ4v) is 3.22. The van der Waals surface area contributed by atoms with Crippen LogP contribution in [0.3, 0.4) is 0 Å². The average Bonchev–Trinajstić information content (AvgIpc) is 2.40. The van der Waals surface area contributed by atoms with E-state index in [4.69, 9.17) is 5.73 Å². The van der Waals surface area contributed by atoms with Crippen LogP contribution in [-0.4, -0.2) is 16.6 Å². The van der Waals surface area contributed by atoms with Crippen LogP contribution in [0.25, 0.3) is 5.57 Å². The van der Waals surface area contributed by atoms with Gasteiger partial charge in [-0.15, -0.1) is 11.3 Å². The van der Waals surface area contributed by atoms with Crippen molar-refractivity contribution in [2.75, 3.05) is 5.73 Å². The lowest BCUT2D eigenvalue weighted by Crippen LogP contribution is -2.45. The molecule has 0 saturated carbocycles. The van der Waals surface area contributed by atoms with Crippen molar-refractivity contribution in [3.8, 4) is 0 Å². The van der Waals surface area contributed by atoms with Crippen LogP contribution >= 0.6 is 11.3 Å². The van der Waals surface area contributed by atoms with Gasteiger partial charge in [-0.1, -0.05) is 13.8 Å². The predicted molar refractivity (Wildman–Crippen MR) is 64.4 cm³/mol. The van der Waals surface area contributed by atoms with E-state index in [1.54, 1.807) is 13.8 Å². The lowest BCUT2D eigenvalue weighted by molar-refractivity contribution is -0.0382. The van der Waals surface area contributed by atoms with E-state index >= 15 is 0 Å². The highest BCUT2D eigenvalue weighted by Crippen LogP contribution is 2.50. The number of hydrogen-bond donors (Lipinski definition) is 1. The Morgan fingerprint density at radius 3 is 2.71 bits per heavy atom. The van der Waals surface area contributed by atoms with Gasteiger partial charge in [-0.2, -0.15) is 8.78 Å². The largest absolute Gasteiger partial charge is 0.375 e. The molecule has 2 N–H and O–H groups in total. The summed E-state index contributed by atoms with van der Waals surface area (Å²) < 4.78 is 28.5. The molecule has 0 amide bonds. The summed E-state index contributed by atoms with van der Waals surface area (Å²) in [5.41, 5.74) is 5.37. The molecule has 3 rings (SSSR count). The first-order chi connectivity index (χ1) is 7.83. The first-order valence-electron chi connectivity index (χ1n) is 5.25. The van der Waals surface area contributed by atoms with Crippen molar-refractivity contribution in [2.24, 2.45) is 10.4 Å². The zero-order chi connectivity index (χ0) is 12.4. The smallest absolute Gasteiger partial charge is 0.295 e. The second-order valence-electron chi connectivity index (χ2n) is 4.98. The number of nitrogen functional groups attached to an aromatic ring is 1. The maximum atomic E-state index is 14.3. The van der Waals surface area contributed by atoms with Crippen LogP contribution in [0, 0.1) is 5.41 Å². The number of alkyl halides is 2. The van der Waals surface area contributed by atoms with Gasteiger partial charge in [0.25, 0.3) is 5.92 Å². The van der Waals surface area contributed by atoms with Crippen molar-refractivity contribution in [3.63, 3.8) is 0 Å². The van der Waals surface area contributed by atoms with Gasteiger partial charge in [0.05, 0.1) is 5.69 Å². The molecule has 2 heterocycles. The topological polar surface area (TPSA) is 51.3 Å². The summed E-state index contributed by atoms with van der Waals surface area (Å²) in [7, 11) is 0. The van der Waals surface area contributed by atoms with Crippen LogP contribution in [0.2, 0.25) is 0 Å². The van der Waals surface area contributed by atoms with Gasteiger partial charge in [0.1, 0.15) is 5.71 Å². The summed E-state index contributed by atoms with van der Waals surface area (Å²) in [4.78, 5) is 8.70. The summed E-state index contributed by atoms with van der Waals surface area (Å²) in [6.07, 6.45) is 1.71. The monoisotopic (exact) mass is 255 g/mol.